The van der Waals surface area contributed by atoms with E-state index in [0.717, 1.165) is 24.5 Å². The summed E-state index contributed by atoms with van der Waals surface area (Å²) in [7, 11) is 0. The molecule has 0 bridgehead atoms. The number of para-hydroxylation sites is 1. The number of hydrogen-bond acceptors (Lipinski definition) is 1. The summed E-state index contributed by atoms with van der Waals surface area (Å²) in [5.41, 5.74) is 0.0796. The summed E-state index contributed by atoms with van der Waals surface area (Å²) in [4.78, 5) is 14.0. The predicted molar refractivity (Wildman–Crippen MR) is 77.8 cm³/mol. The Labute approximate surface area is 130 Å². The van der Waals surface area contributed by atoms with Gasteiger partial charge in [0, 0.05) is 17.8 Å². The molecular formula is C17H13F4NO. The molecule has 0 saturated carbocycles. The third-order valence-corrected chi connectivity index (χ3v) is 3.87. The summed E-state index contributed by atoms with van der Waals surface area (Å²) >= 11 is 0. The van der Waals surface area contributed by atoms with Crippen molar-refractivity contribution in [2.24, 2.45) is 0 Å². The first-order chi connectivity index (χ1) is 10.9. The Kier molecular flexibility index (Phi) is 3.83. The molecule has 0 aromatic heterocycles. The second-order valence-corrected chi connectivity index (χ2v) is 5.38. The van der Waals surface area contributed by atoms with Crippen molar-refractivity contribution in [3.05, 3.63) is 65.0 Å². The van der Waals surface area contributed by atoms with Crippen LogP contribution in [0.25, 0.3) is 0 Å². The van der Waals surface area contributed by atoms with Crippen molar-refractivity contribution in [1.29, 1.82) is 0 Å². The maximum atomic E-state index is 13.4. The Morgan fingerprint density at radius 3 is 2.57 bits per heavy atom. The van der Waals surface area contributed by atoms with Crippen molar-refractivity contribution >= 4 is 11.6 Å². The molecule has 120 valence electrons. The minimum absolute atomic E-state index is 0.171. The molecule has 2 nitrogen and oxygen atoms in total. The van der Waals surface area contributed by atoms with Crippen molar-refractivity contribution in [2.45, 2.75) is 19.0 Å². The fraction of sp³-hybridized carbons (Fsp3) is 0.235. The van der Waals surface area contributed by atoms with Gasteiger partial charge in [-0.05, 0) is 42.7 Å². The summed E-state index contributed by atoms with van der Waals surface area (Å²) < 4.78 is 51.8. The van der Waals surface area contributed by atoms with Gasteiger partial charge in [0.1, 0.15) is 5.82 Å². The number of amides is 1. The monoisotopic (exact) mass is 323 g/mol. The Hall–Kier alpha value is -2.37. The summed E-state index contributed by atoms with van der Waals surface area (Å²) in [5, 5.41) is 0. The lowest BCUT2D eigenvalue weighted by Crippen LogP contribution is -2.35. The smallest absolute Gasteiger partial charge is 0.308 e. The quantitative estimate of drug-likeness (QED) is 0.711. The van der Waals surface area contributed by atoms with Gasteiger partial charge in [-0.15, -0.1) is 0 Å². The average molecular weight is 323 g/mol. The van der Waals surface area contributed by atoms with Crippen LogP contribution >= 0.6 is 0 Å². The average Bonchev–Trinajstić information content (AvgIpc) is 2.53. The molecule has 6 heteroatoms. The SMILES string of the molecule is O=C(c1ccc(F)c(C(F)(F)F)c1)N1CCCc2ccccc21. The number of alkyl halides is 3. The first-order valence-corrected chi connectivity index (χ1v) is 7.14. The third kappa shape index (κ3) is 2.93. The van der Waals surface area contributed by atoms with Gasteiger partial charge in [-0.1, -0.05) is 18.2 Å². The fourth-order valence-corrected chi connectivity index (χ4v) is 2.78. The largest absolute Gasteiger partial charge is 0.419 e. The maximum absolute atomic E-state index is 13.4. The van der Waals surface area contributed by atoms with Gasteiger partial charge in [-0.3, -0.25) is 4.79 Å². The van der Waals surface area contributed by atoms with Crippen LogP contribution in [0.4, 0.5) is 23.2 Å². The molecule has 1 heterocycles. The standard InChI is InChI=1S/C17H13F4NO/c18-14-8-7-12(10-13(14)17(19,20)21)16(23)22-9-3-5-11-4-1-2-6-15(11)22/h1-2,4,6-8,10H,3,5,9H2. The highest BCUT2D eigenvalue weighted by atomic mass is 19.4. The molecule has 23 heavy (non-hydrogen) atoms. The van der Waals surface area contributed by atoms with Crippen molar-refractivity contribution < 1.29 is 22.4 Å². The van der Waals surface area contributed by atoms with Gasteiger partial charge in [-0.2, -0.15) is 13.2 Å². The van der Waals surface area contributed by atoms with Crippen LogP contribution in [0.2, 0.25) is 0 Å². The third-order valence-electron chi connectivity index (χ3n) is 3.87. The summed E-state index contributed by atoms with van der Waals surface area (Å²) in [6.45, 7) is 0.425. The van der Waals surface area contributed by atoms with E-state index in [-0.39, 0.29) is 5.56 Å². The second-order valence-electron chi connectivity index (χ2n) is 5.38. The van der Waals surface area contributed by atoms with Gasteiger partial charge in [0.2, 0.25) is 0 Å². The highest BCUT2D eigenvalue weighted by Crippen LogP contribution is 2.33. The molecule has 0 saturated heterocycles. The van der Waals surface area contributed by atoms with Gasteiger partial charge < -0.3 is 4.90 Å². The van der Waals surface area contributed by atoms with Crippen LogP contribution in [0.15, 0.2) is 42.5 Å². The molecule has 0 spiro atoms. The normalized spacial score (nSPS) is 14.5. The lowest BCUT2D eigenvalue weighted by Gasteiger charge is -2.29. The number of hydrogen-bond donors (Lipinski definition) is 0. The van der Waals surface area contributed by atoms with Gasteiger partial charge in [0.05, 0.1) is 5.56 Å². The highest BCUT2D eigenvalue weighted by molar-refractivity contribution is 6.06. The number of carbonyl (C=O) groups excluding carboxylic acids is 1. The fourth-order valence-electron chi connectivity index (χ4n) is 2.78. The Balaban J connectivity index is 1.99. The zero-order valence-electron chi connectivity index (χ0n) is 12.0. The van der Waals surface area contributed by atoms with E-state index in [9.17, 15) is 22.4 Å². The van der Waals surface area contributed by atoms with Crippen molar-refractivity contribution in [3.63, 3.8) is 0 Å². The van der Waals surface area contributed by atoms with Crippen LogP contribution in [0, 0.1) is 5.82 Å². The number of rotatable bonds is 1. The van der Waals surface area contributed by atoms with Crippen LogP contribution in [0.1, 0.15) is 27.9 Å². The molecule has 0 fully saturated rings. The highest BCUT2D eigenvalue weighted by Gasteiger charge is 2.35. The van der Waals surface area contributed by atoms with Crippen molar-refractivity contribution in [1.82, 2.24) is 0 Å². The molecule has 1 amide bonds. The van der Waals surface area contributed by atoms with Gasteiger partial charge in [0.25, 0.3) is 5.91 Å². The minimum Gasteiger partial charge on any atom is -0.308 e. The molecule has 3 rings (SSSR count). The van der Waals surface area contributed by atoms with E-state index in [0.29, 0.717) is 24.4 Å². The molecule has 0 N–H and O–H groups in total. The summed E-state index contributed by atoms with van der Waals surface area (Å²) in [6, 6.07) is 9.63. The number of halogens is 4. The molecular weight excluding hydrogens is 310 g/mol. The molecule has 1 aliphatic rings. The predicted octanol–water partition coefficient (Wildman–Crippen LogP) is 4.44. The maximum Gasteiger partial charge on any atom is 0.419 e. The Morgan fingerprint density at radius 1 is 1.09 bits per heavy atom. The van der Waals surface area contributed by atoms with E-state index < -0.39 is 23.5 Å². The lowest BCUT2D eigenvalue weighted by atomic mass is 10.0. The molecule has 0 unspecified atom stereocenters. The van der Waals surface area contributed by atoms with E-state index in [1.807, 2.05) is 12.1 Å². The van der Waals surface area contributed by atoms with Crippen LogP contribution in [-0.4, -0.2) is 12.5 Å². The van der Waals surface area contributed by atoms with Gasteiger partial charge in [-0.25, -0.2) is 4.39 Å². The Bertz CT molecular complexity index is 754. The molecule has 1 aliphatic heterocycles. The zero-order valence-corrected chi connectivity index (χ0v) is 12.0. The zero-order chi connectivity index (χ0) is 16.6. The van der Waals surface area contributed by atoms with E-state index in [4.69, 9.17) is 0 Å². The number of anilines is 1. The van der Waals surface area contributed by atoms with Crippen LogP contribution < -0.4 is 4.90 Å². The number of carbonyl (C=O) groups is 1. The number of fused-ring (bicyclic) bond motifs is 1. The van der Waals surface area contributed by atoms with Crippen molar-refractivity contribution in [3.8, 4) is 0 Å². The molecule has 0 atom stereocenters. The number of benzene rings is 2. The van der Waals surface area contributed by atoms with E-state index >= 15 is 0 Å². The summed E-state index contributed by atoms with van der Waals surface area (Å²) in [5.74, 6) is -1.93. The molecule has 2 aromatic rings. The van der Waals surface area contributed by atoms with Crippen molar-refractivity contribution in [2.75, 3.05) is 11.4 Å². The van der Waals surface area contributed by atoms with E-state index in [1.165, 1.54) is 4.90 Å². The first-order valence-electron chi connectivity index (χ1n) is 7.14. The van der Waals surface area contributed by atoms with E-state index in [1.54, 1.807) is 12.1 Å². The second kappa shape index (κ2) is 5.68. The lowest BCUT2D eigenvalue weighted by molar-refractivity contribution is -0.140. The number of nitrogens with zero attached hydrogens (tertiary/aromatic N) is 1. The van der Waals surface area contributed by atoms with Crippen LogP contribution in [-0.2, 0) is 12.6 Å². The van der Waals surface area contributed by atoms with Crippen LogP contribution in [0.5, 0.6) is 0 Å². The van der Waals surface area contributed by atoms with Gasteiger partial charge in [0.15, 0.2) is 0 Å². The minimum atomic E-state index is -4.83. The first kappa shape index (κ1) is 15.5. The Morgan fingerprint density at radius 2 is 1.83 bits per heavy atom. The molecule has 0 aliphatic carbocycles. The molecule has 0 radical (unpaired) electrons. The summed E-state index contributed by atoms with van der Waals surface area (Å²) in [6.07, 6.45) is -3.28. The molecule has 2 aromatic carbocycles. The van der Waals surface area contributed by atoms with Crippen LogP contribution in [0.3, 0.4) is 0 Å². The topological polar surface area (TPSA) is 20.3 Å². The number of aryl methyl sites for hydroxylation is 1. The van der Waals surface area contributed by atoms with E-state index in [2.05, 4.69) is 0 Å². The van der Waals surface area contributed by atoms with Gasteiger partial charge >= 0.3 is 6.18 Å².